The number of rotatable bonds is 1. The first-order chi connectivity index (χ1) is 7.78. The molecule has 1 aromatic heterocycles. The fraction of sp³-hybridized carbons (Fsp3) is 0.818. The molecule has 1 aliphatic heterocycles. The number of thioether (sulfide) groups is 1. The van der Waals surface area contributed by atoms with Crippen molar-refractivity contribution >= 4 is 11.8 Å². The van der Waals surface area contributed by atoms with Crippen LogP contribution >= 0.6 is 11.8 Å². The normalized spacial score (nSPS) is 24.1. The van der Waals surface area contributed by atoms with Gasteiger partial charge >= 0.3 is 0 Å². The maximum atomic E-state index is 6.45. The maximum Gasteiger partial charge on any atom is 0.170 e. The Labute approximate surface area is 100.0 Å². The van der Waals surface area contributed by atoms with E-state index in [0.717, 1.165) is 42.5 Å². The van der Waals surface area contributed by atoms with Crippen LogP contribution in [0.25, 0.3) is 0 Å². The largest absolute Gasteiger partial charge is 0.319 e. The molecule has 0 atom stereocenters. The summed E-state index contributed by atoms with van der Waals surface area (Å²) in [6.45, 7) is 0.989. The summed E-state index contributed by atoms with van der Waals surface area (Å²) in [6.07, 6.45) is 5.83. The van der Waals surface area contributed by atoms with E-state index >= 15 is 0 Å². The third-order valence-electron chi connectivity index (χ3n) is 3.62. The molecule has 1 saturated carbocycles. The van der Waals surface area contributed by atoms with Crippen molar-refractivity contribution in [3.05, 3.63) is 11.6 Å². The van der Waals surface area contributed by atoms with Crippen LogP contribution in [0, 0.1) is 0 Å². The van der Waals surface area contributed by atoms with Crippen LogP contribution in [0.1, 0.15) is 43.8 Å². The Balaban J connectivity index is 1.90. The summed E-state index contributed by atoms with van der Waals surface area (Å²) < 4.78 is 2.05. The predicted octanol–water partition coefficient (Wildman–Crippen LogP) is 1.64. The van der Waals surface area contributed by atoms with Gasteiger partial charge < -0.3 is 5.73 Å². The Bertz CT molecular complexity index is 358. The van der Waals surface area contributed by atoms with E-state index in [-0.39, 0.29) is 5.54 Å². The van der Waals surface area contributed by atoms with Crippen molar-refractivity contribution < 1.29 is 0 Å². The second-order valence-corrected chi connectivity index (χ2v) is 5.95. The van der Waals surface area contributed by atoms with Crippen molar-refractivity contribution in [2.45, 2.75) is 49.9 Å². The van der Waals surface area contributed by atoms with Gasteiger partial charge in [-0.1, -0.05) is 19.3 Å². The second-order valence-electron chi connectivity index (χ2n) is 4.84. The summed E-state index contributed by atoms with van der Waals surface area (Å²) in [7, 11) is 0. The van der Waals surface area contributed by atoms with E-state index in [9.17, 15) is 0 Å². The van der Waals surface area contributed by atoms with Gasteiger partial charge in [-0.2, -0.15) is 16.9 Å². The highest BCUT2D eigenvalue weighted by Crippen LogP contribution is 2.33. The lowest BCUT2D eigenvalue weighted by molar-refractivity contribution is 0.286. The summed E-state index contributed by atoms with van der Waals surface area (Å²) in [5, 5.41) is 4.61. The summed E-state index contributed by atoms with van der Waals surface area (Å²) in [5.41, 5.74) is 6.20. The van der Waals surface area contributed by atoms with E-state index in [1.165, 1.54) is 19.3 Å². The van der Waals surface area contributed by atoms with Gasteiger partial charge in [-0.3, -0.25) is 0 Å². The van der Waals surface area contributed by atoms with E-state index in [0.29, 0.717) is 0 Å². The Hall–Kier alpha value is -0.550. The fourth-order valence-electron chi connectivity index (χ4n) is 2.59. The maximum absolute atomic E-state index is 6.45. The van der Waals surface area contributed by atoms with Crippen molar-refractivity contribution in [2.24, 2.45) is 5.73 Å². The fourth-order valence-corrected chi connectivity index (χ4v) is 3.43. The molecule has 1 aliphatic carbocycles. The topological polar surface area (TPSA) is 56.7 Å². The van der Waals surface area contributed by atoms with Crippen LogP contribution < -0.4 is 5.73 Å². The Kier molecular flexibility index (Phi) is 2.67. The zero-order valence-electron chi connectivity index (χ0n) is 9.48. The first-order valence-electron chi connectivity index (χ1n) is 6.09. The van der Waals surface area contributed by atoms with Crippen molar-refractivity contribution in [2.75, 3.05) is 5.75 Å². The minimum atomic E-state index is -0.243. The molecular weight excluding hydrogens is 220 g/mol. The average molecular weight is 238 g/mol. The van der Waals surface area contributed by atoms with Gasteiger partial charge in [0.1, 0.15) is 5.82 Å². The molecule has 0 spiro atoms. The number of aryl methyl sites for hydroxylation is 1. The molecule has 2 heterocycles. The molecule has 3 rings (SSSR count). The van der Waals surface area contributed by atoms with Gasteiger partial charge in [0.2, 0.25) is 0 Å². The lowest BCUT2D eigenvalue weighted by Crippen LogP contribution is -2.39. The summed E-state index contributed by atoms with van der Waals surface area (Å²) >= 11 is 1.93. The summed E-state index contributed by atoms with van der Waals surface area (Å²) in [4.78, 5) is 4.65. The minimum absolute atomic E-state index is 0.243. The first kappa shape index (κ1) is 10.6. The lowest BCUT2D eigenvalue weighted by atomic mass is 9.82. The SMILES string of the molecule is NC1(c2nc3n(n2)CCSC3)CCCCC1. The van der Waals surface area contributed by atoms with Crippen molar-refractivity contribution in [1.29, 1.82) is 0 Å². The molecule has 0 bridgehead atoms. The number of nitrogens with zero attached hydrogens (tertiary/aromatic N) is 3. The van der Waals surface area contributed by atoms with E-state index < -0.39 is 0 Å². The summed E-state index contributed by atoms with van der Waals surface area (Å²) in [5.74, 6) is 4.14. The highest BCUT2D eigenvalue weighted by Gasteiger charge is 2.34. The monoisotopic (exact) mass is 238 g/mol. The Morgan fingerprint density at radius 1 is 1.25 bits per heavy atom. The highest BCUT2D eigenvalue weighted by atomic mass is 32.2. The smallest absolute Gasteiger partial charge is 0.170 e. The third kappa shape index (κ3) is 1.76. The standard InChI is InChI=1S/C11H18N4S/c12-11(4-2-1-3-5-11)10-13-9-8-16-7-6-15(9)14-10/h1-8,12H2. The van der Waals surface area contributed by atoms with Crippen LogP contribution in [0.15, 0.2) is 0 Å². The van der Waals surface area contributed by atoms with Gasteiger partial charge in [0.15, 0.2) is 5.82 Å². The van der Waals surface area contributed by atoms with Crippen molar-refractivity contribution in [3.8, 4) is 0 Å². The van der Waals surface area contributed by atoms with Crippen molar-refractivity contribution in [1.82, 2.24) is 14.8 Å². The van der Waals surface area contributed by atoms with E-state index in [1.807, 2.05) is 11.8 Å². The van der Waals surface area contributed by atoms with Crippen LogP contribution in [-0.2, 0) is 17.8 Å². The van der Waals surface area contributed by atoms with Gasteiger partial charge in [-0.15, -0.1) is 0 Å². The van der Waals surface area contributed by atoms with E-state index in [1.54, 1.807) is 0 Å². The number of fused-ring (bicyclic) bond motifs is 1. The van der Waals surface area contributed by atoms with Crippen LogP contribution in [-0.4, -0.2) is 20.5 Å². The molecule has 0 saturated heterocycles. The van der Waals surface area contributed by atoms with Crippen LogP contribution in [0.3, 0.4) is 0 Å². The Morgan fingerprint density at radius 3 is 2.81 bits per heavy atom. The summed E-state index contributed by atoms with van der Waals surface area (Å²) in [6, 6.07) is 0. The molecule has 1 aromatic rings. The van der Waals surface area contributed by atoms with Crippen LogP contribution in [0.2, 0.25) is 0 Å². The number of nitrogens with two attached hydrogens (primary N) is 1. The molecule has 0 aromatic carbocycles. The molecule has 16 heavy (non-hydrogen) atoms. The Morgan fingerprint density at radius 2 is 2.06 bits per heavy atom. The number of aromatic nitrogens is 3. The molecule has 0 unspecified atom stereocenters. The number of hydrogen-bond donors (Lipinski definition) is 1. The first-order valence-corrected chi connectivity index (χ1v) is 7.24. The molecule has 0 amide bonds. The van der Waals surface area contributed by atoms with Gasteiger partial charge in [0.05, 0.1) is 17.8 Å². The quantitative estimate of drug-likeness (QED) is 0.808. The van der Waals surface area contributed by atoms with Gasteiger partial charge in [0.25, 0.3) is 0 Å². The molecule has 88 valence electrons. The predicted molar refractivity (Wildman–Crippen MR) is 65.1 cm³/mol. The van der Waals surface area contributed by atoms with Crippen molar-refractivity contribution in [3.63, 3.8) is 0 Å². The van der Waals surface area contributed by atoms with Crippen LogP contribution in [0.5, 0.6) is 0 Å². The third-order valence-corrected chi connectivity index (χ3v) is 4.55. The molecular formula is C11H18N4S. The number of hydrogen-bond acceptors (Lipinski definition) is 4. The van der Waals surface area contributed by atoms with E-state index in [4.69, 9.17) is 5.73 Å². The van der Waals surface area contributed by atoms with E-state index in [2.05, 4.69) is 14.8 Å². The average Bonchev–Trinajstić information content (AvgIpc) is 2.74. The zero-order valence-corrected chi connectivity index (χ0v) is 10.3. The molecule has 4 nitrogen and oxygen atoms in total. The van der Waals surface area contributed by atoms with Gasteiger partial charge in [0, 0.05) is 5.75 Å². The van der Waals surface area contributed by atoms with Gasteiger partial charge in [-0.25, -0.2) is 9.67 Å². The lowest BCUT2D eigenvalue weighted by Gasteiger charge is -2.30. The zero-order chi connectivity index (χ0) is 11.0. The van der Waals surface area contributed by atoms with Crippen LogP contribution in [0.4, 0.5) is 0 Å². The highest BCUT2D eigenvalue weighted by molar-refractivity contribution is 7.98. The molecule has 2 aliphatic rings. The second kappa shape index (κ2) is 4.04. The van der Waals surface area contributed by atoms with Gasteiger partial charge in [-0.05, 0) is 12.8 Å². The molecule has 5 heteroatoms. The molecule has 2 N–H and O–H groups in total. The minimum Gasteiger partial charge on any atom is -0.319 e. The molecule has 1 fully saturated rings. The molecule has 0 radical (unpaired) electrons.